The fourth-order valence-electron chi connectivity index (χ4n) is 1.58. The van der Waals surface area contributed by atoms with E-state index in [4.69, 9.17) is 5.73 Å². The molecular formula is C13H12BrFN2O2S. The van der Waals surface area contributed by atoms with Crippen LogP contribution >= 0.6 is 15.9 Å². The summed E-state index contributed by atoms with van der Waals surface area (Å²) in [4.78, 5) is 0.0954. The molecule has 0 unspecified atom stereocenters. The number of nitrogens with one attached hydrogen (secondary N) is 1. The zero-order valence-corrected chi connectivity index (χ0v) is 12.7. The monoisotopic (exact) mass is 358 g/mol. The smallest absolute Gasteiger partial charge is 0.261 e. The van der Waals surface area contributed by atoms with Crippen LogP contribution < -0.4 is 10.5 Å². The zero-order valence-electron chi connectivity index (χ0n) is 10.3. The van der Waals surface area contributed by atoms with Crippen LogP contribution in [0.25, 0.3) is 0 Å². The number of nitrogens with two attached hydrogens (primary N) is 1. The van der Waals surface area contributed by atoms with E-state index in [0.29, 0.717) is 6.54 Å². The number of halogens is 2. The molecule has 4 nitrogen and oxygen atoms in total. The van der Waals surface area contributed by atoms with Gasteiger partial charge in [0.05, 0.1) is 15.1 Å². The minimum absolute atomic E-state index is 0.0954. The largest absolute Gasteiger partial charge is 0.326 e. The van der Waals surface area contributed by atoms with Crippen molar-refractivity contribution < 1.29 is 12.8 Å². The first-order chi connectivity index (χ1) is 9.42. The Kier molecular flexibility index (Phi) is 4.42. The van der Waals surface area contributed by atoms with Gasteiger partial charge in [-0.05, 0) is 51.8 Å². The van der Waals surface area contributed by atoms with Crippen LogP contribution in [0.3, 0.4) is 0 Å². The van der Waals surface area contributed by atoms with Gasteiger partial charge in [-0.2, -0.15) is 0 Å². The summed E-state index contributed by atoms with van der Waals surface area (Å²) in [7, 11) is -3.74. The van der Waals surface area contributed by atoms with E-state index in [-0.39, 0.29) is 15.1 Å². The Morgan fingerprint density at radius 1 is 1.15 bits per heavy atom. The molecule has 0 saturated carbocycles. The minimum atomic E-state index is -3.74. The lowest BCUT2D eigenvalue weighted by Gasteiger charge is -2.09. The summed E-state index contributed by atoms with van der Waals surface area (Å²) >= 11 is 3.01. The number of rotatable bonds is 4. The molecule has 2 aromatic rings. The molecule has 0 saturated heterocycles. The van der Waals surface area contributed by atoms with Crippen molar-refractivity contribution in [3.63, 3.8) is 0 Å². The first kappa shape index (κ1) is 15.0. The van der Waals surface area contributed by atoms with Gasteiger partial charge in [0.15, 0.2) is 0 Å². The van der Waals surface area contributed by atoms with Crippen molar-refractivity contribution in [1.82, 2.24) is 0 Å². The molecule has 0 amide bonds. The molecule has 7 heteroatoms. The molecule has 0 aliphatic rings. The highest BCUT2D eigenvalue weighted by Crippen LogP contribution is 2.22. The van der Waals surface area contributed by atoms with E-state index >= 15 is 0 Å². The predicted molar refractivity (Wildman–Crippen MR) is 79.2 cm³/mol. The Hall–Kier alpha value is -1.44. The van der Waals surface area contributed by atoms with Gasteiger partial charge in [-0.3, -0.25) is 4.72 Å². The zero-order chi connectivity index (χ0) is 14.8. The maximum absolute atomic E-state index is 13.4. The summed E-state index contributed by atoms with van der Waals surface area (Å²) in [5, 5.41) is 0. The average molecular weight is 359 g/mol. The van der Waals surface area contributed by atoms with Crippen molar-refractivity contribution in [3.05, 3.63) is 58.3 Å². The maximum atomic E-state index is 13.4. The van der Waals surface area contributed by atoms with Crippen LogP contribution in [0.4, 0.5) is 10.1 Å². The predicted octanol–water partition coefficient (Wildman–Crippen LogP) is 2.85. The first-order valence-electron chi connectivity index (χ1n) is 5.69. The van der Waals surface area contributed by atoms with Gasteiger partial charge in [-0.15, -0.1) is 0 Å². The van der Waals surface area contributed by atoms with E-state index in [1.807, 2.05) is 0 Å². The highest BCUT2D eigenvalue weighted by Gasteiger charge is 2.14. The summed E-state index contributed by atoms with van der Waals surface area (Å²) in [6.07, 6.45) is 0. The Morgan fingerprint density at radius 2 is 1.80 bits per heavy atom. The molecule has 20 heavy (non-hydrogen) atoms. The van der Waals surface area contributed by atoms with E-state index in [9.17, 15) is 12.8 Å². The Labute approximate surface area is 125 Å². The summed E-state index contributed by atoms with van der Waals surface area (Å²) in [5.74, 6) is -0.538. The molecule has 0 aliphatic heterocycles. The number of hydrogen-bond donors (Lipinski definition) is 2. The van der Waals surface area contributed by atoms with Gasteiger partial charge in [0, 0.05) is 6.54 Å². The summed E-state index contributed by atoms with van der Waals surface area (Å²) in [6.45, 7) is 0.339. The van der Waals surface area contributed by atoms with Crippen LogP contribution in [0.15, 0.2) is 51.8 Å². The maximum Gasteiger partial charge on any atom is 0.261 e. The fraction of sp³-hybridized carbons (Fsp3) is 0.0769. The van der Waals surface area contributed by atoms with Crippen LogP contribution in [0, 0.1) is 5.82 Å². The third-order valence-corrected chi connectivity index (χ3v) is 4.68. The Morgan fingerprint density at radius 3 is 2.35 bits per heavy atom. The van der Waals surface area contributed by atoms with E-state index in [1.165, 1.54) is 24.3 Å². The van der Waals surface area contributed by atoms with Gasteiger partial charge in [0.2, 0.25) is 0 Å². The topological polar surface area (TPSA) is 72.2 Å². The second kappa shape index (κ2) is 5.90. The van der Waals surface area contributed by atoms with E-state index < -0.39 is 15.8 Å². The summed E-state index contributed by atoms with van der Waals surface area (Å²) in [6, 6.07) is 10.2. The van der Waals surface area contributed by atoms with Crippen molar-refractivity contribution in [3.8, 4) is 0 Å². The lowest BCUT2D eigenvalue weighted by molar-refractivity contribution is 0.601. The third kappa shape index (κ3) is 3.36. The molecule has 0 aromatic heterocycles. The molecule has 0 bridgehead atoms. The number of anilines is 1. The van der Waals surface area contributed by atoms with Gasteiger partial charge in [-0.1, -0.05) is 12.1 Å². The highest BCUT2D eigenvalue weighted by atomic mass is 79.9. The summed E-state index contributed by atoms with van der Waals surface area (Å²) < 4.78 is 40.2. The molecule has 2 rings (SSSR count). The molecule has 0 fully saturated rings. The van der Waals surface area contributed by atoms with E-state index in [2.05, 4.69) is 20.7 Å². The molecule has 0 radical (unpaired) electrons. The van der Waals surface area contributed by atoms with Crippen LogP contribution in [0.5, 0.6) is 0 Å². The second-order valence-electron chi connectivity index (χ2n) is 4.08. The van der Waals surface area contributed by atoms with Gasteiger partial charge in [0.1, 0.15) is 5.82 Å². The van der Waals surface area contributed by atoms with Crippen LogP contribution in [-0.4, -0.2) is 8.42 Å². The third-order valence-electron chi connectivity index (χ3n) is 2.64. The number of benzene rings is 2. The van der Waals surface area contributed by atoms with Crippen molar-refractivity contribution in [2.75, 3.05) is 4.72 Å². The Balaban J connectivity index is 2.27. The normalized spacial score (nSPS) is 11.3. The SMILES string of the molecule is NCc1ccc(S(=O)(=O)Nc2ccc(Br)c(F)c2)cc1. The molecule has 0 heterocycles. The minimum Gasteiger partial charge on any atom is -0.326 e. The molecule has 0 atom stereocenters. The average Bonchev–Trinajstić information content (AvgIpc) is 2.43. The first-order valence-corrected chi connectivity index (χ1v) is 7.97. The van der Waals surface area contributed by atoms with E-state index in [0.717, 1.165) is 11.6 Å². The lowest BCUT2D eigenvalue weighted by atomic mass is 10.2. The van der Waals surface area contributed by atoms with Gasteiger partial charge in [0.25, 0.3) is 10.0 Å². The van der Waals surface area contributed by atoms with Gasteiger partial charge < -0.3 is 5.73 Å². The van der Waals surface area contributed by atoms with Crippen molar-refractivity contribution in [2.24, 2.45) is 5.73 Å². The van der Waals surface area contributed by atoms with Gasteiger partial charge >= 0.3 is 0 Å². The lowest BCUT2D eigenvalue weighted by Crippen LogP contribution is -2.13. The van der Waals surface area contributed by atoms with Crippen LogP contribution in [0.1, 0.15) is 5.56 Å². The fourth-order valence-corrected chi connectivity index (χ4v) is 2.87. The quantitative estimate of drug-likeness (QED) is 0.882. The second-order valence-corrected chi connectivity index (χ2v) is 6.62. The van der Waals surface area contributed by atoms with Crippen molar-refractivity contribution >= 4 is 31.6 Å². The van der Waals surface area contributed by atoms with Gasteiger partial charge in [-0.25, -0.2) is 12.8 Å². The molecule has 106 valence electrons. The molecule has 0 aliphatic carbocycles. The number of hydrogen-bond acceptors (Lipinski definition) is 3. The van der Waals surface area contributed by atoms with Crippen LogP contribution in [0.2, 0.25) is 0 Å². The molecular weight excluding hydrogens is 347 g/mol. The van der Waals surface area contributed by atoms with Crippen LogP contribution in [-0.2, 0) is 16.6 Å². The summed E-state index contributed by atoms with van der Waals surface area (Å²) in [5.41, 5.74) is 6.44. The molecule has 0 spiro atoms. The van der Waals surface area contributed by atoms with Crippen molar-refractivity contribution in [1.29, 1.82) is 0 Å². The molecule has 3 N–H and O–H groups in total. The standard InChI is InChI=1S/C13H12BrFN2O2S/c14-12-6-3-10(7-13(12)15)17-20(18,19)11-4-1-9(8-16)2-5-11/h1-7,17H,8,16H2. The molecule has 2 aromatic carbocycles. The Bertz CT molecular complexity index is 718. The highest BCUT2D eigenvalue weighted by molar-refractivity contribution is 9.10. The number of sulfonamides is 1. The van der Waals surface area contributed by atoms with E-state index in [1.54, 1.807) is 12.1 Å². The van der Waals surface area contributed by atoms with Crippen molar-refractivity contribution in [2.45, 2.75) is 11.4 Å².